The maximum atomic E-state index is 7.35. The van der Waals surface area contributed by atoms with Gasteiger partial charge in [0.1, 0.15) is 11.2 Å². The van der Waals surface area contributed by atoms with E-state index in [1.807, 2.05) is 22.7 Å². The van der Waals surface area contributed by atoms with E-state index in [0.29, 0.717) is 0 Å². The van der Waals surface area contributed by atoms with Crippen molar-refractivity contribution in [1.82, 2.24) is 0 Å². The molecule has 384 valence electrons. The quantitative estimate of drug-likeness (QED) is 0.161. The van der Waals surface area contributed by atoms with Crippen molar-refractivity contribution in [3.63, 3.8) is 0 Å². The summed E-state index contributed by atoms with van der Waals surface area (Å²) in [5.74, 6) is 0. The summed E-state index contributed by atoms with van der Waals surface area (Å²) < 4.78 is 19.8. The van der Waals surface area contributed by atoms with Crippen molar-refractivity contribution in [2.24, 2.45) is 0 Å². The van der Waals surface area contributed by atoms with Crippen LogP contribution in [0, 0.1) is 0 Å². The molecule has 0 atom stereocenters. The number of para-hydroxylation sites is 2. The number of furan rings is 2. The van der Waals surface area contributed by atoms with Gasteiger partial charge in [-0.2, -0.15) is 0 Å². The lowest BCUT2D eigenvalue weighted by Crippen LogP contribution is -2.61. The average Bonchev–Trinajstić information content (AvgIpc) is 2.48. The standard InChI is InChI=1S/C76H43BN2O2S2/c1-3-18-45(19-4-1)50-34-36-56-52-25-9-13-30-66(52)80-75(56)73(50)78-62-40-58-54-27-11-15-32-68(54)82-70(58)42-60(62)77-61-43-71-59(55-28-12-16-33-69(55)83-71)41-63(61)79(65-39-47(38-64(78)72(65)77)49-29-17-23-44-22-7-8-24-48(44)49)74-51(46-20-5-2-6-21-46)35-37-57-53-26-10-14-31-67(53)81-76(57)74/h1-43H. The molecule has 0 saturated carbocycles. The van der Waals surface area contributed by atoms with Crippen LogP contribution in [-0.2, 0) is 0 Å². The van der Waals surface area contributed by atoms with E-state index < -0.39 is 0 Å². The molecule has 4 nitrogen and oxygen atoms in total. The van der Waals surface area contributed by atoms with Gasteiger partial charge in [-0.25, -0.2) is 0 Å². The van der Waals surface area contributed by atoms with Crippen molar-refractivity contribution in [2.45, 2.75) is 0 Å². The molecule has 0 saturated heterocycles. The Hall–Kier alpha value is -10.2. The highest BCUT2D eigenvalue weighted by Gasteiger charge is 2.46. The molecule has 7 heteroatoms. The van der Waals surface area contributed by atoms with Crippen molar-refractivity contribution >= 4 is 175 Å². The zero-order valence-corrected chi connectivity index (χ0v) is 46.1. The van der Waals surface area contributed by atoms with E-state index in [0.717, 1.165) is 111 Å². The van der Waals surface area contributed by atoms with Crippen LogP contribution < -0.4 is 26.2 Å². The summed E-state index contributed by atoms with van der Waals surface area (Å²) in [7, 11) is 0. The van der Waals surface area contributed by atoms with Crippen molar-refractivity contribution in [2.75, 3.05) is 9.80 Å². The number of thiophene rings is 2. The van der Waals surface area contributed by atoms with Crippen molar-refractivity contribution in [1.29, 1.82) is 0 Å². The van der Waals surface area contributed by atoms with Crippen LogP contribution in [0.5, 0.6) is 0 Å². The second-order valence-corrected chi connectivity index (χ2v) is 24.3. The average molecular weight is 1090 g/mol. The number of nitrogens with zero attached hydrogens (tertiary/aromatic N) is 2. The molecule has 83 heavy (non-hydrogen) atoms. The molecule has 0 unspecified atom stereocenters. The number of rotatable bonds is 5. The van der Waals surface area contributed by atoms with E-state index >= 15 is 0 Å². The van der Waals surface area contributed by atoms with E-state index in [-0.39, 0.29) is 6.71 Å². The fraction of sp³-hybridized carbons (Fsp3) is 0. The van der Waals surface area contributed by atoms with E-state index in [1.165, 1.54) is 67.5 Å². The van der Waals surface area contributed by atoms with Crippen LogP contribution in [0.25, 0.3) is 128 Å². The first-order valence-corrected chi connectivity index (χ1v) is 30.0. The third-order valence-electron chi connectivity index (χ3n) is 17.8. The SMILES string of the molecule is c1ccc(-c2ccc3c(oc4ccccc43)c2N2c3cc4c(cc3B3c5cc6sc7ccccc7c6cc5N(c5c(-c6ccccc6)ccc6c5oc5ccccc56)c5cc(-c6cccc7ccccc67)cc2c53)sc2ccccc24)cc1. The van der Waals surface area contributed by atoms with Gasteiger partial charge in [0.2, 0.25) is 0 Å². The molecule has 6 heterocycles. The van der Waals surface area contributed by atoms with Gasteiger partial charge < -0.3 is 18.6 Å². The van der Waals surface area contributed by atoms with E-state index in [1.54, 1.807) is 0 Å². The Labute approximate surface area is 484 Å². The molecule has 2 aliphatic rings. The van der Waals surface area contributed by atoms with Gasteiger partial charge in [0.15, 0.2) is 11.2 Å². The summed E-state index contributed by atoms with van der Waals surface area (Å²) in [4.78, 5) is 5.22. The Morgan fingerprint density at radius 1 is 0.289 bits per heavy atom. The predicted molar refractivity (Wildman–Crippen MR) is 355 cm³/mol. The largest absolute Gasteiger partial charge is 0.454 e. The maximum absolute atomic E-state index is 7.35. The Balaban J connectivity index is 1.04. The molecule has 19 rings (SSSR count). The first kappa shape index (κ1) is 45.5. The summed E-state index contributed by atoms with van der Waals surface area (Å²) in [6.45, 7) is -0.201. The number of hydrogen-bond acceptors (Lipinski definition) is 6. The lowest BCUT2D eigenvalue weighted by molar-refractivity contribution is 0.669. The number of fused-ring (bicyclic) bond motifs is 17. The molecular weight excluding hydrogens is 1050 g/mol. The van der Waals surface area contributed by atoms with Gasteiger partial charge in [-0.1, -0.05) is 188 Å². The second kappa shape index (κ2) is 17.2. The highest BCUT2D eigenvalue weighted by Crippen LogP contribution is 2.55. The molecule has 0 spiro atoms. The highest BCUT2D eigenvalue weighted by atomic mass is 32.1. The lowest BCUT2D eigenvalue weighted by Gasteiger charge is -2.45. The zero-order valence-electron chi connectivity index (χ0n) is 44.4. The van der Waals surface area contributed by atoms with Gasteiger partial charge >= 0.3 is 0 Å². The van der Waals surface area contributed by atoms with Gasteiger partial charge in [-0.3, -0.25) is 0 Å². The molecule has 2 aliphatic heterocycles. The Morgan fingerprint density at radius 2 is 0.735 bits per heavy atom. The van der Waals surface area contributed by atoms with E-state index in [9.17, 15) is 0 Å². The molecule has 0 radical (unpaired) electrons. The molecule has 0 N–H and O–H groups in total. The minimum Gasteiger partial charge on any atom is -0.454 e. The van der Waals surface area contributed by atoms with Crippen molar-refractivity contribution in [3.8, 4) is 33.4 Å². The first-order chi connectivity index (χ1) is 41.2. The Kier molecular flexibility index (Phi) is 9.43. The van der Waals surface area contributed by atoms with E-state index in [2.05, 4.69) is 271 Å². The van der Waals surface area contributed by atoms with Crippen LogP contribution >= 0.6 is 22.7 Å². The topological polar surface area (TPSA) is 32.8 Å². The van der Waals surface area contributed by atoms with Crippen LogP contribution in [0.3, 0.4) is 0 Å². The van der Waals surface area contributed by atoms with Crippen LogP contribution in [0.4, 0.5) is 34.1 Å². The normalized spacial score (nSPS) is 13.0. The number of anilines is 6. The summed E-state index contributed by atoms with van der Waals surface area (Å²) in [6, 6.07) is 96.6. The summed E-state index contributed by atoms with van der Waals surface area (Å²) >= 11 is 3.77. The third-order valence-corrected chi connectivity index (χ3v) is 20.1. The van der Waals surface area contributed by atoms with Crippen LogP contribution in [-0.4, -0.2) is 6.71 Å². The fourth-order valence-corrected chi connectivity index (χ4v) is 16.5. The third kappa shape index (κ3) is 6.46. The molecule has 13 aromatic carbocycles. The van der Waals surface area contributed by atoms with Crippen molar-refractivity contribution in [3.05, 3.63) is 261 Å². The van der Waals surface area contributed by atoms with Gasteiger partial charge in [0.05, 0.1) is 11.4 Å². The van der Waals surface area contributed by atoms with Gasteiger partial charge in [-0.15, -0.1) is 22.7 Å². The molecule has 0 fully saturated rings. The number of benzene rings is 13. The smallest absolute Gasteiger partial charge is 0.252 e. The predicted octanol–water partition coefficient (Wildman–Crippen LogP) is 20.5. The van der Waals surface area contributed by atoms with Crippen molar-refractivity contribution < 1.29 is 8.83 Å². The zero-order chi connectivity index (χ0) is 54.0. The van der Waals surface area contributed by atoms with Crippen LogP contribution in [0.15, 0.2) is 270 Å². The molecule has 17 aromatic rings. The first-order valence-electron chi connectivity index (χ1n) is 28.3. The fourth-order valence-electron chi connectivity index (χ4n) is 14.2. The van der Waals surface area contributed by atoms with Gasteiger partial charge in [0.25, 0.3) is 6.71 Å². The molecule has 0 bridgehead atoms. The molecule has 4 aromatic heterocycles. The Bertz CT molecular complexity index is 5310. The number of hydrogen-bond donors (Lipinski definition) is 0. The minimum atomic E-state index is -0.201. The van der Waals surface area contributed by atoms with E-state index in [4.69, 9.17) is 8.83 Å². The van der Waals surface area contributed by atoms with Crippen LogP contribution in [0.2, 0.25) is 0 Å². The van der Waals surface area contributed by atoms with Gasteiger partial charge in [-0.05, 0) is 122 Å². The summed E-state index contributed by atoms with van der Waals surface area (Å²) in [6.07, 6.45) is 0. The maximum Gasteiger partial charge on any atom is 0.252 e. The molecule has 0 amide bonds. The lowest BCUT2D eigenvalue weighted by atomic mass is 9.33. The molecular formula is C76H43BN2O2S2. The second-order valence-electron chi connectivity index (χ2n) is 22.2. The summed E-state index contributed by atoms with van der Waals surface area (Å²) in [5, 5.41) is 11.7. The monoisotopic (exact) mass is 1090 g/mol. The van der Waals surface area contributed by atoms with Gasteiger partial charge in [0, 0.05) is 95.8 Å². The molecule has 0 aliphatic carbocycles. The van der Waals surface area contributed by atoms with Crippen LogP contribution in [0.1, 0.15) is 0 Å². The summed E-state index contributed by atoms with van der Waals surface area (Å²) in [5.41, 5.74) is 20.2. The minimum absolute atomic E-state index is 0.201. The highest BCUT2D eigenvalue weighted by molar-refractivity contribution is 7.26. The Morgan fingerprint density at radius 3 is 1.27 bits per heavy atom.